The van der Waals surface area contributed by atoms with Crippen LogP contribution >= 0.6 is 0 Å². The van der Waals surface area contributed by atoms with Crippen LogP contribution in [0.1, 0.15) is 47.0 Å². The molecular formula is C16H22O. The molecule has 0 spiro atoms. The van der Waals surface area contributed by atoms with Gasteiger partial charge in [0, 0.05) is 11.0 Å². The Labute approximate surface area is 104 Å². The molecule has 2 aliphatic carbocycles. The molecule has 0 aromatic heterocycles. The Morgan fingerprint density at radius 3 is 2.88 bits per heavy atom. The quantitative estimate of drug-likeness (QED) is 0.649. The maximum atomic E-state index is 12.0. The maximum absolute atomic E-state index is 12.0. The van der Waals surface area contributed by atoms with Crippen molar-refractivity contribution in [3.8, 4) is 0 Å². The zero-order chi connectivity index (χ0) is 12.6. The first-order valence-electron chi connectivity index (χ1n) is 6.54. The van der Waals surface area contributed by atoms with Crippen LogP contribution in [-0.4, -0.2) is 5.78 Å². The van der Waals surface area contributed by atoms with E-state index in [0.29, 0.717) is 5.92 Å². The molecule has 0 saturated carbocycles. The number of carbonyl (C=O) groups excluding carboxylic acids is 1. The third-order valence-electron chi connectivity index (χ3n) is 4.14. The van der Waals surface area contributed by atoms with Gasteiger partial charge in [0.1, 0.15) is 0 Å². The summed E-state index contributed by atoms with van der Waals surface area (Å²) in [5, 5.41) is 0. The molecule has 0 aromatic rings. The molecule has 17 heavy (non-hydrogen) atoms. The summed E-state index contributed by atoms with van der Waals surface area (Å²) < 4.78 is 0. The molecule has 1 nitrogen and oxygen atoms in total. The van der Waals surface area contributed by atoms with E-state index in [-0.39, 0.29) is 11.2 Å². The van der Waals surface area contributed by atoms with Gasteiger partial charge in [0.2, 0.25) is 0 Å². The van der Waals surface area contributed by atoms with Crippen LogP contribution in [0.2, 0.25) is 0 Å². The first-order valence-corrected chi connectivity index (χ1v) is 6.54. The van der Waals surface area contributed by atoms with Gasteiger partial charge in [0.25, 0.3) is 0 Å². The fraction of sp³-hybridized carbons (Fsp3) is 0.562. The molecule has 0 heterocycles. The van der Waals surface area contributed by atoms with Crippen molar-refractivity contribution in [2.45, 2.75) is 47.0 Å². The number of allylic oxidation sites excluding steroid dienone is 6. The Kier molecular flexibility index (Phi) is 3.11. The molecular weight excluding hydrogens is 208 g/mol. The van der Waals surface area contributed by atoms with E-state index in [1.54, 1.807) is 6.08 Å². The van der Waals surface area contributed by atoms with Crippen LogP contribution < -0.4 is 0 Å². The molecule has 0 unspecified atom stereocenters. The molecule has 0 fully saturated rings. The lowest BCUT2D eigenvalue weighted by Gasteiger charge is -2.31. The highest BCUT2D eigenvalue weighted by atomic mass is 16.1. The summed E-state index contributed by atoms with van der Waals surface area (Å²) in [6.07, 6.45) is 9.45. The van der Waals surface area contributed by atoms with Crippen LogP contribution in [0.3, 0.4) is 0 Å². The third-order valence-corrected chi connectivity index (χ3v) is 4.14. The van der Waals surface area contributed by atoms with Gasteiger partial charge in [-0.2, -0.15) is 0 Å². The van der Waals surface area contributed by atoms with E-state index in [9.17, 15) is 4.79 Å². The van der Waals surface area contributed by atoms with Crippen molar-refractivity contribution in [3.05, 3.63) is 34.9 Å². The Morgan fingerprint density at radius 2 is 2.24 bits per heavy atom. The molecule has 0 bridgehead atoms. The van der Waals surface area contributed by atoms with Gasteiger partial charge in [-0.3, -0.25) is 4.79 Å². The van der Waals surface area contributed by atoms with E-state index in [4.69, 9.17) is 0 Å². The largest absolute Gasteiger partial charge is 0.290 e. The molecule has 0 amide bonds. The smallest absolute Gasteiger partial charge is 0.181 e. The van der Waals surface area contributed by atoms with Crippen molar-refractivity contribution >= 4 is 5.78 Å². The van der Waals surface area contributed by atoms with Crippen LogP contribution in [0.25, 0.3) is 0 Å². The minimum Gasteiger partial charge on any atom is -0.290 e. The highest BCUT2D eigenvalue weighted by Crippen LogP contribution is 2.47. The molecule has 92 valence electrons. The molecule has 0 aromatic carbocycles. The summed E-state index contributed by atoms with van der Waals surface area (Å²) in [5.41, 5.74) is 3.93. The Balaban J connectivity index is 2.36. The fourth-order valence-corrected chi connectivity index (χ4v) is 2.98. The highest BCUT2D eigenvalue weighted by Gasteiger charge is 2.38. The van der Waals surface area contributed by atoms with Gasteiger partial charge < -0.3 is 0 Å². The van der Waals surface area contributed by atoms with Crippen molar-refractivity contribution < 1.29 is 4.79 Å². The van der Waals surface area contributed by atoms with Crippen molar-refractivity contribution in [1.29, 1.82) is 0 Å². The van der Waals surface area contributed by atoms with E-state index in [1.165, 1.54) is 11.1 Å². The number of hydrogen-bond donors (Lipinski definition) is 0. The average Bonchev–Trinajstić information content (AvgIpc) is 2.66. The summed E-state index contributed by atoms with van der Waals surface area (Å²) in [6, 6.07) is 0. The average molecular weight is 230 g/mol. The second kappa shape index (κ2) is 4.29. The fourth-order valence-electron chi connectivity index (χ4n) is 2.98. The van der Waals surface area contributed by atoms with Crippen LogP contribution in [0.15, 0.2) is 34.9 Å². The molecule has 0 aliphatic heterocycles. The van der Waals surface area contributed by atoms with E-state index in [1.807, 2.05) is 0 Å². The standard InChI is InChI=1S/C16H22O/c1-11(2)7-9-16(4)10-8-14(17)15-12(3)5-6-13(15)16/h7-8,10,12H,5-6,9H2,1-4H3/t12-,16-/m1/s1. The van der Waals surface area contributed by atoms with E-state index in [2.05, 4.69) is 39.8 Å². The van der Waals surface area contributed by atoms with Crippen LogP contribution in [0, 0.1) is 11.3 Å². The second-order valence-corrected chi connectivity index (χ2v) is 5.93. The van der Waals surface area contributed by atoms with Crippen LogP contribution in [0.5, 0.6) is 0 Å². The van der Waals surface area contributed by atoms with Crippen molar-refractivity contribution in [3.63, 3.8) is 0 Å². The first-order chi connectivity index (χ1) is 7.94. The summed E-state index contributed by atoms with van der Waals surface area (Å²) >= 11 is 0. The molecule has 0 N–H and O–H groups in total. The zero-order valence-electron chi connectivity index (χ0n) is 11.3. The minimum atomic E-state index is 0.0747. The van der Waals surface area contributed by atoms with Crippen molar-refractivity contribution in [2.24, 2.45) is 11.3 Å². The van der Waals surface area contributed by atoms with E-state index < -0.39 is 0 Å². The molecule has 2 rings (SSSR count). The molecule has 0 radical (unpaired) electrons. The van der Waals surface area contributed by atoms with Gasteiger partial charge in [-0.05, 0) is 45.1 Å². The molecule has 2 aliphatic rings. The first kappa shape index (κ1) is 12.3. The highest BCUT2D eigenvalue weighted by molar-refractivity contribution is 6.06. The minimum absolute atomic E-state index is 0.0747. The molecule has 1 heteroatoms. The van der Waals surface area contributed by atoms with Crippen LogP contribution in [-0.2, 0) is 4.79 Å². The number of carbonyl (C=O) groups is 1. The van der Waals surface area contributed by atoms with Gasteiger partial charge in [-0.25, -0.2) is 0 Å². The van der Waals surface area contributed by atoms with Gasteiger partial charge >= 0.3 is 0 Å². The summed E-state index contributed by atoms with van der Waals surface area (Å²) in [5.74, 6) is 0.702. The lowest BCUT2D eigenvalue weighted by Crippen LogP contribution is -2.23. The predicted octanol–water partition coefficient (Wildman–Crippen LogP) is 4.21. The van der Waals surface area contributed by atoms with Gasteiger partial charge in [-0.1, -0.05) is 37.1 Å². The Hall–Kier alpha value is -1.11. The third kappa shape index (κ3) is 2.15. The normalized spacial score (nSPS) is 31.8. The Morgan fingerprint density at radius 1 is 1.53 bits per heavy atom. The van der Waals surface area contributed by atoms with Gasteiger partial charge in [-0.15, -0.1) is 0 Å². The van der Waals surface area contributed by atoms with Crippen molar-refractivity contribution in [1.82, 2.24) is 0 Å². The van der Waals surface area contributed by atoms with Crippen LogP contribution in [0.4, 0.5) is 0 Å². The molecule has 0 saturated heterocycles. The molecule has 2 atom stereocenters. The number of ketones is 1. The zero-order valence-corrected chi connectivity index (χ0v) is 11.3. The summed E-state index contributed by atoms with van der Waals surface area (Å²) in [4.78, 5) is 12.0. The summed E-state index contributed by atoms with van der Waals surface area (Å²) in [7, 11) is 0. The van der Waals surface area contributed by atoms with E-state index in [0.717, 1.165) is 24.8 Å². The number of rotatable bonds is 2. The lowest BCUT2D eigenvalue weighted by molar-refractivity contribution is -0.112. The van der Waals surface area contributed by atoms with Gasteiger partial charge in [0.05, 0.1) is 0 Å². The maximum Gasteiger partial charge on any atom is 0.181 e. The SMILES string of the molecule is CC(C)=CC[C@]1(C)C=CC(=O)C2=C1CC[C@H]2C. The van der Waals surface area contributed by atoms with E-state index >= 15 is 0 Å². The number of hydrogen-bond acceptors (Lipinski definition) is 1. The Bertz CT molecular complexity index is 432. The monoisotopic (exact) mass is 230 g/mol. The van der Waals surface area contributed by atoms with Gasteiger partial charge in [0.15, 0.2) is 5.78 Å². The second-order valence-electron chi connectivity index (χ2n) is 5.93. The lowest BCUT2D eigenvalue weighted by atomic mass is 9.73. The van der Waals surface area contributed by atoms with Crippen molar-refractivity contribution in [2.75, 3.05) is 0 Å². The summed E-state index contributed by atoms with van der Waals surface area (Å²) in [6.45, 7) is 8.71. The topological polar surface area (TPSA) is 17.1 Å². The predicted molar refractivity (Wildman–Crippen MR) is 71.7 cm³/mol.